The Morgan fingerprint density at radius 2 is 2.00 bits per heavy atom. The van der Waals surface area contributed by atoms with Gasteiger partial charge in [0, 0.05) is 17.4 Å². The second-order valence-corrected chi connectivity index (χ2v) is 4.67. The van der Waals surface area contributed by atoms with Gasteiger partial charge in [-0.3, -0.25) is 4.79 Å². The summed E-state index contributed by atoms with van der Waals surface area (Å²) in [5.41, 5.74) is 2.02. The fraction of sp³-hybridized carbons (Fsp3) is 0.167. The predicted molar refractivity (Wildman–Crippen MR) is 66.6 cm³/mol. The molecule has 0 saturated heterocycles. The van der Waals surface area contributed by atoms with Gasteiger partial charge in [0.1, 0.15) is 0 Å². The van der Waals surface area contributed by atoms with Crippen molar-refractivity contribution in [2.75, 3.05) is 5.32 Å². The fourth-order valence-electron chi connectivity index (χ4n) is 1.46. The first-order valence-corrected chi connectivity index (χ1v) is 5.79. The molecule has 1 aromatic heterocycles. The van der Waals surface area contributed by atoms with E-state index in [4.69, 9.17) is 0 Å². The van der Waals surface area contributed by atoms with Crippen LogP contribution in [0.15, 0.2) is 30.3 Å². The van der Waals surface area contributed by atoms with E-state index < -0.39 is 0 Å². The van der Waals surface area contributed by atoms with E-state index in [0.29, 0.717) is 5.13 Å². The molecule has 3 nitrogen and oxygen atoms in total. The monoisotopic (exact) mass is 232 g/mol. The maximum Gasteiger partial charge on any atom is 0.223 e. The summed E-state index contributed by atoms with van der Waals surface area (Å²) in [6, 6.07) is 9.96. The van der Waals surface area contributed by atoms with Crippen LogP contribution in [0.25, 0.3) is 11.3 Å². The van der Waals surface area contributed by atoms with E-state index in [1.165, 1.54) is 18.3 Å². The van der Waals surface area contributed by atoms with Crippen molar-refractivity contribution in [1.29, 1.82) is 0 Å². The van der Waals surface area contributed by atoms with Crippen LogP contribution in [0, 0.1) is 6.92 Å². The van der Waals surface area contributed by atoms with Crippen molar-refractivity contribution in [3.63, 3.8) is 0 Å². The summed E-state index contributed by atoms with van der Waals surface area (Å²) in [7, 11) is 0. The predicted octanol–water partition coefficient (Wildman–Crippen LogP) is 3.08. The summed E-state index contributed by atoms with van der Waals surface area (Å²) in [4.78, 5) is 16.4. The number of hydrogen-bond acceptors (Lipinski definition) is 3. The second-order valence-electron chi connectivity index (χ2n) is 3.47. The Kier molecular flexibility index (Phi) is 3.01. The number of carbonyl (C=O) groups excluding carboxylic acids is 1. The van der Waals surface area contributed by atoms with Gasteiger partial charge >= 0.3 is 0 Å². The molecule has 0 radical (unpaired) electrons. The Morgan fingerprint density at radius 3 is 2.62 bits per heavy atom. The smallest absolute Gasteiger partial charge is 0.223 e. The quantitative estimate of drug-likeness (QED) is 0.864. The molecule has 0 aliphatic carbocycles. The average molecular weight is 232 g/mol. The highest BCUT2D eigenvalue weighted by atomic mass is 32.1. The minimum atomic E-state index is -0.0895. The van der Waals surface area contributed by atoms with Crippen molar-refractivity contribution < 1.29 is 4.79 Å². The maximum atomic E-state index is 10.9. The van der Waals surface area contributed by atoms with E-state index >= 15 is 0 Å². The van der Waals surface area contributed by atoms with E-state index in [-0.39, 0.29) is 5.91 Å². The van der Waals surface area contributed by atoms with Crippen LogP contribution < -0.4 is 5.32 Å². The zero-order chi connectivity index (χ0) is 11.5. The number of rotatable bonds is 2. The minimum absolute atomic E-state index is 0.0895. The lowest BCUT2D eigenvalue weighted by Crippen LogP contribution is -2.04. The lowest BCUT2D eigenvalue weighted by atomic mass is 10.1. The van der Waals surface area contributed by atoms with Gasteiger partial charge in [0.05, 0.1) is 5.69 Å². The molecule has 1 amide bonds. The van der Waals surface area contributed by atoms with Gasteiger partial charge in [-0.25, -0.2) is 4.98 Å². The molecule has 1 heterocycles. The van der Waals surface area contributed by atoms with Gasteiger partial charge in [-0.1, -0.05) is 30.3 Å². The van der Waals surface area contributed by atoms with E-state index in [9.17, 15) is 4.79 Å². The third-order valence-electron chi connectivity index (χ3n) is 2.13. The molecule has 16 heavy (non-hydrogen) atoms. The van der Waals surface area contributed by atoms with Crippen LogP contribution in [0.1, 0.15) is 11.8 Å². The van der Waals surface area contributed by atoms with Gasteiger partial charge in [0.25, 0.3) is 0 Å². The first kappa shape index (κ1) is 10.8. The first-order valence-electron chi connectivity index (χ1n) is 4.97. The third kappa shape index (κ3) is 2.28. The molecule has 0 saturated carbocycles. The molecule has 4 heteroatoms. The van der Waals surface area contributed by atoms with Crippen molar-refractivity contribution in [1.82, 2.24) is 4.98 Å². The van der Waals surface area contributed by atoms with Crippen LogP contribution in [0.2, 0.25) is 0 Å². The summed E-state index contributed by atoms with van der Waals surface area (Å²) in [5, 5.41) is 3.36. The molecule has 0 aliphatic rings. The number of thiazole rings is 1. The largest absolute Gasteiger partial charge is 0.302 e. The highest BCUT2D eigenvalue weighted by Crippen LogP contribution is 2.29. The molecule has 2 rings (SSSR count). The molecule has 0 bridgehead atoms. The van der Waals surface area contributed by atoms with Crippen LogP contribution in [0.5, 0.6) is 0 Å². The molecule has 0 atom stereocenters. The number of nitrogens with one attached hydrogen (secondary N) is 1. The molecular formula is C12H12N2OS. The molecule has 1 aromatic carbocycles. The standard InChI is InChI=1S/C12H12N2OS/c1-8-11(10-6-4-3-5-7-10)14-12(16-8)13-9(2)15/h3-7H,1-2H3,(H,13,14,15). The summed E-state index contributed by atoms with van der Waals surface area (Å²) < 4.78 is 0. The van der Waals surface area contributed by atoms with Crippen LogP contribution in [0.4, 0.5) is 5.13 Å². The third-order valence-corrected chi connectivity index (χ3v) is 3.01. The number of amides is 1. The molecule has 82 valence electrons. The Labute approximate surface area is 98.2 Å². The van der Waals surface area contributed by atoms with Crippen molar-refractivity contribution >= 4 is 22.4 Å². The maximum absolute atomic E-state index is 10.9. The Hall–Kier alpha value is -1.68. The van der Waals surface area contributed by atoms with Gasteiger partial charge in [0.2, 0.25) is 5.91 Å². The fourth-order valence-corrected chi connectivity index (χ4v) is 2.35. The Balaban J connectivity index is 2.36. The number of hydrogen-bond donors (Lipinski definition) is 1. The van der Waals surface area contributed by atoms with Gasteiger partial charge in [-0.15, -0.1) is 11.3 Å². The highest BCUT2D eigenvalue weighted by molar-refractivity contribution is 7.16. The lowest BCUT2D eigenvalue weighted by Gasteiger charge is -1.96. The minimum Gasteiger partial charge on any atom is -0.302 e. The van der Waals surface area contributed by atoms with E-state index in [1.54, 1.807) is 0 Å². The lowest BCUT2D eigenvalue weighted by molar-refractivity contribution is -0.114. The zero-order valence-corrected chi connectivity index (χ0v) is 9.97. The molecule has 0 unspecified atom stereocenters. The van der Waals surface area contributed by atoms with Crippen LogP contribution >= 0.6 is 11.3 Å². The molecule has 0 fully saturated rings. The van der Waals surface area contributed by atoms with Crippen molar-refractivity contribution in [3.05, 3.63) is 35.2 Å². The molecule has 1 N–H and O–H groups in total. The topological polar surface area (TPSA) is 42.0 Å². The number of aromatic nitrogens is 1. The summed E-state index contributed by atoms with van der Waals surface area (Å²) in [6.07, 6.45) is 0. The second kappa shape index (κ2) is 4.45. The SMILES string of the molecule is CC(=O)Nc1nc(-c2ccccc2)c(C)s1. The Bertz CT molecular complexity index is 505. The summed E-state index contributed by atoms with van der Waals surface area (Å²) in [6.45, 7) is 3.49. The van der Waals surface area contributed by atoms with Crippen LogP contribution in [-0.4, -0.2) is 10.9 Å². The molecule has 2 aromatic rings. The van der Waals surface area contributed by atoms with Crippen molar-refractivity contribution in [2.45, 2.75) is 13.8 Å². The van der Waals surface area contributed by atoms with E-state index in [0.717, 1.165) is 16.1 Å². The van der Waals surface area contributed by atoms with Gasteiger partial charge in [0.15, 0.2) is 5.13 Å². The molecule has 0 aliphatic heterocycles. The average Bonchev–Trinajstić information content (AvgIpc) is 2.60. The summed E-state index contributed by atoms with van der Waals surface area (Å²) in [5.74, 6) is -0.0895. The van der Waals surface area contributed by atoms with Gasteiger partial charge < -0.3 is 5.32 Å². The normalized spacial score (nSPS) is 10.1. The number of aryl methyl sites for hydroxylation is 1. The number of nitrogens with zero attached hydrogens (tertiary/aromatic N) is 1. The van der Waals surface area contributed by atoms with E-state index in [2.05, 4.69) is 10.3 Å². The highest BCUT2D eigenvalue weighted by Gasteiger charge is 2.09. The van der Waals surface area contributed by atoms with Gasteiger partial charge in [-0.2, -0.15) is 0 Å². The van der Waals surface area contributed by atoms with E-state index in [1.807, 2.05) is 37.3 Å². The summed E-state index contributed by atoms with van der Waals surface area (Å²) >= 11 is 1.49. The van der Waals surface area contributed by atoms with Gasteiger partial charge in [-0.05, 0) is 6.92 Å². The first-order chi connectivity index (χ1) is 7.66. The number of benzene rings is 1. The number of carbonyl (C=O) groups is 1. The molecule has 0 spiro atoms. The van der Waals surface area contributed by atoms with Crippen molar-refractivity contribution in [3.8, 4) is 11.3 Å². The van der Waals surface area contributed by atoms with Crippen LogP contribution in [0.3, 0.4) is 0 Å². The number of anilines is 1. The van der Waals surface area contributed by atoms with Crippen LogP contribution in [-0.2, 0) is 4.79 Å². The molecular weight excluding hydrogens is 220 g/mol. The Morgan fingerprint density at radius 1 is 1.31 bits per heavy atom. The zero-order valence-electron chi connectivity index (χ0n) is 9.15. The van der Waals surface area contributed by atoms with Crippen molar-refractivity contribution in [2.24, 2.45) is 0 Å².